The normalized spacial score (nSPS) is 13.3. The predicted molar refractivity (Wildman–Crippen MR) is 84.4 cm³/mol. The van der Waals surface area contributed by atoms with E-state index in [1.165, 1.54) is 35.9 Å². The van der Waals surface area contributed by atoms with Gasteiger partial charge >= 0.3 is 0 Å². The Morgan fingerprint density at radius 3 is 2.52 bits per heavy atom. The van der Waals surface area contributed by atoms with Crippen LogP contribution in [0.1, 0.15) is 26.8 Å². The van der Waals surface area contributed by atoms with Crippen LogP contribution in [-0.4, -0.2) is 33.2 Å². The van der Waals surface area contributed by atoms with Crippen LogP contribution in [0.4, 0.5) is 5.69 Å². The average molecular weight is 343 g/mol. The van der Waals surface area contributed by atoms with E-state index >= 15 is 0 Å². The van der Waals surface area contributed by atoms with Gasteiger partial charge in [-0.15, -0.1) is 0 Å². The molecule has 9 heteroatoms. The molecule has 128 valence electrons. The Labute approximate surface area is 141 Å². The summed E-state index contributed by atoms with van der Waals surface area (Å²) in [6.07, 6.45) is 1.11. The summed E-state index contributed by atoms with van der Waals surface area (Å²) in [5, 5.41) is 10.6. The zero-order valence-electron chi connectivity index (χ0n) is 13.4. The van der Waals surface area contributed by atoms with Gasteiger partial charge in [0, 0.05) is 25.3 Å². The smallest absolute Gasteiger partial charge is 0.269 e. The highest BCUT2D eigenvalue weighted by Gasteiger charge is 2.32. The van der Waals surface area contributed by atoms with Crippen molar-refractivity contribution in [1.29, 1.82) is 0 Å². The molecule has 25 heavy (non-hydrogen) atoms. The summed E-state index contributed by atoms with van der Waals surface area (Å²) in [6.45, 7) is -0.00974. The van der Waals surface area contributed by atoms with E-state index in [1.54, 1.807) is 7.05 Å². The first-order valence-electron chi connectivity index (χ1n) is 7.20. The zero-order valence-corrected chi connectivity index (χ0v) is 13.4. The van der Waals surface area contributed by atoms with Crippen LogP contribution < -0.4 is 4.74 Å². The van der Waals surface area contributed by atoms with Gasteiger partial charge in [-0.05, 0) is 12.1 Å². The number of Topliss-reactive ketones (excluding diaryl/α,β-unsaturated/α-hetero) is 1. The van der Waals surface area contributed by atoms with Crippen molar-refractivity contribution in [3.63, 3.8) is 0 Å². The number of nitrogens with zero attached hydrogens (tertiary/aromatic N) is 3. The van der Waals surface area contributed by atoms with Gasteiger partial charge in [0.15, 0.2) is 5.76 Å². The number of carbonyl (C=O) groups is 2. The van der Waals surface area contributed by atoms with Gasteiger partial charge < -0.3 is 14.0 Å². The third kappa shape index (κ3) is 2.87. The van der Waals surface area contributed by atoms with E-state index in [1.807, 2.05) is 0 Å². The van der Waals surface area contributed by atoms with Gasteiger partial charge in [0.05, 0.1) is 12.0 Å². The molecule has 3 rings (SSSR count). The Balaban J connectivity index is 1.81. The molecule has 0 saturated carbocycles. The minimum atomic E-state index is -0.506. The van der Waals surface area contributed by atoms with Gasteiger partial charge in [-0.3, -0.25) is 19.7 Å². The van der Waals surface area contributed by atoms with Gasteiger partial charge in [-0.2, -0.15) is 0 Å². The van der Waals surface area contributed by atoms with Crippen LogP contribution >= 0.6 is 0 Å². The Bertz CT molecular complexity index is 911. The molecule has 1 aliphatic rings. The van der Waals surface area contributed by atoms with Crippen molar-refractivity contribution in [3.05, 3.63) is 63.4 Å². The maximum Gasteiger partial charge on any atom is 0.269 e. The predicted octanol–water partition coefficient (Wildman–Crippen LogP) is 1.82. The lowest BCUT2D eigenvalue weighted by Gasteiger charge is -2.11. The zero-order chi connectivity index (χ0) is 18.1. The molecule has 2 aromatic rings. The quantitative estimate of drug-likeness (QED) is 0.601. The lowest BCUT2D eigenvalue weighted by atomic mass is 10.0. The van der Waals surface area contributed by atoms with Crippen molar-refractivity contribution >= 4 is 17.3 Å². The lowest BCUT2D eigenvalue weighted by molar-refractivity contribution is -0.384. The van der Waals surface area contributed by atoms with Crippen LogP contribution in [-0.2, 0) is 18.4 Å². The minimum Gasteiger partial charge on any atom is -0.492 e. The number of carbonyl (C=O) groups excluding carboxylic acids is 2. The number of imidazole rings is 1. The number of aromatic nitrogens is 2. The molecular formula is C16H13N3O6. The molecule has 1 heterocycles. The summed E-state index contributed by atoms with van der Waals surface area (Å²) in [5.41, 5.74) is 0.149. The number of benzene rings is 1. The number of fused-ring (bicyclic) bond motifs is 1. The minimum absolute atomic E-state index is 0.00974. The molecule has 0 unspecified atom stereocenters. The molecule has 0 spiro atoms. The largest absolute Gasteiger partial charge is 0.492 e. The second-order valence-corrected chi connectivity index (χ2v) is 5.23. The molecule has 0 amide bonds. The third-order valence-corrected chi connectivity index (χ3v) is 3.76. The second kappa shape index (κ2) is 6.19. The van der Waals surface area contributed by atoms with E-state index in [0.717, 1.165) is 6.08 Å². The van der Waals surface area contributed by atoms with E-state index in [-0.39, 0.29) is 29.4 Å². The Kier molecular flexibility index (Phi) is 4.05. The SMILES string of the molecule is COC1=CC(=O)c2nc(COc3ccc([N+](=O)[O-])cc3)n(C)c2C1=O. The monoisotopic (exact) mass is 343 g/mol. The van der Waals surface area contributed by atoms with Crippen molar-refractivity contribution < 1.29 is 24.0 Å². The summed E-state index contributed by atoms with van der Waals surface area (Å²) in [5.74, 6) is -0.101. The van der Waals surface area contributed by atoms with Crippen LogP contribution in [0, 0.1) is 10.1 Å². The maximum absolute atomic E-state index is 12.3. The number of nitro benzene ring substituents is 1. The number of methoxy groups -OCH3 is 1. The fraction of sp³-hybridized carbons (Fsp3) is 0.188. The van der Waals surface area contributed by atoms with E-state index in [0.29, 0.717) is 11.6 Å². The van der Waals surface area contributed by atoms with Crippen LogP contribution in [0.3, 0.4) is 0 Å². The van der Waals surface area contributed by atoms with Crippen molar-refractivity contribution in [1.82, 2.24) is 9.55 Å². The first-order chi connectivity index (χ1) is 11.9. The van der Waals surface area contributed by atoms with Gasteiger partial charge in [0.25, 0.3) is 5.69 Å². The van der Waals surface area contributed by atoms with Gasteiger partial charge in [0.1, 0.15) is 29.6 Å². The number of ketones is 2. The summed E-state index contributed by atoms with van der Waals surface area (Å²) in [4.78, 5) is 38.6. The highest BCUT2D eigenvalue weighted by molar-refractivity contribution is 6.22. The van der Waals surface area contributed by atoms with E-state index in [2.05, 4.69) is 4.98 Å². The van der Waals surface area contributed by atoms with Gasteiger partial charge in [0.2, 0.25) is 11.6 Å². The molecule has 0 saturated heterocycles. The number of hydrogen-bond acceptors (Lipinski definition) is 7. The second-order valence-electron chi connectivity index (χ2n) is 5.23. The fourth-order valence-electron chi connectivity index (χ4n) is 2.44. The lowest BCUT2D eigenvalue weighted by Crippen LogP contribution is -2.20. The molecule has 0 fully saturated rings. The molecule has 0 radical (unpaired) electrons. The van der Waals surface area contributed by atoms with Crippen molar-refractivity contribution in [2.75, 3.05) is 7.11 Å². The number of non-ortho nitro benzene ring substituents is 1. The molecule has 1 aromatic carbocycles. The van der Waals surface area contributed by atoms with Crippen LogP contribution in [0.5, 0.6) is 5.75 Å². The van der Waals surface area contributed by atoms with Crippen LogP contribution in [0.25, 0.3) is 0 Å². The van der Waals surface area contributed by atoms with E-state index in [4.69, 9.17) is 9.47 Å². The van der Waals surface area contributed by atoms with Gasteiger partial charge in [-0.25, -0.2) is 4.98 Å². The molecule has 1 aromatic heterocycles. The highest BCUT2D eigenvalue weighted by Crippen LogP contribution is 2.23. The summed E-state index contributed by atoms with van der Waals surface area (Å²) in [6, 6.07) is 5.56. The van der Waals surface area contributed by atoms with Crippen LogP contribution in [0.15, 0.2) is 36.1 Å². The number of nitro groups is 1. The molecular weight excluding hydrogens is 330 g/mol. The summed E-state index contributed by atoms with van der Waals surface area (Å²) >= 11 is 0. The first kappa shape index (κ1) is 16.4. The molecule has 9 nitrogen and oxygen atoms in total. The fourth-order valence-corrected chi connectivity index (χ4v) is 2.44. The molecule has 0 bridgehead atoms. The van der Waals surface area contributed by atoms with E-state index in [9.17, 15) is 19.7 Å². The maximum atomic E-state index is 12.3. The first-order valence-corrected chi connectivity index (χ1v) is 7.20. The number of hydrogen-bond donors (Lipinski definition) is 0. The van der Waals surface area contributed by atoms with Crippen LogP contribution in [0.2, 0.25) is 0 Å². The molecule has 0 atom stereocenters. The third-order valence-electron chi connectivity index (χ3n) is 3.76. The number of rotatable bonds is 5. The van der Waals surface area contributed by atoms with Crippen molar-refractivity contribution in [3.8, 4) is 5.75 Å². The Morgan fingerprint density at radius 2 is 1.92 bits per heavy atom. The molecule has 0 N–H and O–H groups in total. The van der Waals surface area contributed by atoms with E-state index < -0.39 is 16.5 Å². The molecule has 0 aliphatic heterocycles. The topological polar surface area (TPSA) is 114 Å². The molecule has 1 aliphatic carbocycles. The number of ether oxygens (including phenoxy) is 2. The average Bonchev–Trinajstić information content (AvgIpc) is 2.94. The number of allylic oxidation sites excluding steroid dienone is 2. The Hall–Kier alpha value is -3.49. The highest BCUT2D eigenvalue weighted by atomic mass is 16.6. The van der Waals surface area contributed by atoms with Crippen molar-refractivity contribution in [2.24, 2.45) is 7.05 Å². The van der Waals surface area contributed by atoms with Gasteiger partial charge in [-0.1, -0.05) is 0 Å². The summed E-state index contributed by atoms with van der Waals surface area (Å²) < 4.78 is 11.9. The van der Waals surface area contributed by atoms with Crippen molar-refractivity contribution in [2.45, 2.75) is 6.61 Å². The Morgan fingerprint density at radius 1 is 1.24 bits per heavy atom. The summed E-state index contributed by atoms with van der Waals surface area (Å²) in [7, 11) is 2.92. The standard InChI is InChI=1S/C16H13N3O6/c1-18-13(8-25-10-5-3-9(4-6-10)19(22)23)17-14-11(20)7-12(24-2)16(21)15(14)18/h3-7H,8H2,1-2H3.